The number of hydrogen-bond donors (Lipinski definition) is 1. The molecule has 2 aromatic rings. The van der Waals surface area contributed by atoms with Crippen LogP contribution in [0.25, 0.3) is 10.9 Å². The summed E-state index contributed by atoms with van der Waals surface area (Å²) in [7, 11) is 1.50. The standard InChI is InChI=1S/C15H19NO.C2H5F.CH5N/c1-3-14(4-2)16-9-7-13-6-5-12(8-10-17)11-15(13)16;1-2-3;1-2/h5-7,9-11,14H,3-4,8H2,1-2H3;2H2,1H3;2H2,1H3. The minimum absolute atomic E-state index is 0.250. The number of hydrogen-bond acceptors (Lipinski definition) is 2. The molecule has 0 aliphatic heterocycles. The molecule has 0 fully saturated rings. The van der Waals surface area contributed by atoms with E-state index in [1.165, 1.54) is 24.9 Å². The van der Waals surface area contributed by atoms with Crippen molar-refractivity contribution in [3.63, 3.8) is 0 Å². The number of nitrogens with two attached hydrogens (primary N) is 1. The molecular formula is C18H29FN2O. The molecule has 22 heavy (non-hydrogen) atoms. The molecule has 1 heterocycles. The number of benzene rings is 1. The monoisotopic (exact) mass is 308 g/mol. The van der Waals surface area contributed by atoms with Gasteiger partial charge in [0.15, 0.2) is 0 Å². The summed E-state index contributed by atoms with van der Waals surface area (Å²) in [6.07, 6.45) is 5.90. The van der Waals surface area contributed by atoms with Crippen LogP contribution in [0.3, 0.4) is 0 Å². The Hall–Kier alpha value is -1.68. The van der Waals surface area contributed by atoms with Crippen molar-refractivity contribution in [1.82, 2.24) is 4.57 Å². The van der Waals surface area contributed by atoms with Crippen LogP contribution in [0.1, 0.15) is 45.2 Å². The number of halogens is 1. The summed E-state index contributed by atoms with van der Waals surface area (Å²) in [6, 6.07) is 8.99. The lowest BCUT2D eigenvalue weighted by Gasteiger charge is -2.16. The number of fused-ring (bicyclic) bond motifs is 1. The van der Waals surface area contributed by atoms with Gasteiger partial charge in [-0.2, -0.15) is 0 Å². The molecule has 1 aromatic carbocycles. The molecule has 0 spiro atoms. The molecule has 0 bridgehead atoms. The number of carbonyl (C=O) groups is 1. The number of alkyl halides is 1. The van der Waals surface area contributed by atoms with Crippen LogP contribution in [0, 0.1) is 0 Å². The summed E-state index contributed by atoms with van der Waals surface area (Å²) in [6.45, 7) is 5.64. The average molecular weight is 308 g/mol. The molecule has 4 heteroatoms. The summed E-state index contributed by atoms with van der Waals surface area (Å²) in [5, 5.41) is 1.26. The third-order valence-corrected chi connectivity index (χ3v) is 3.44. The second-order valence-electron chi connectivity index (χ2n) is 4.72. The Morgan fingerprint density at radius 2 is 1.77 bits per heavy atom. The molecule has 0 amide bonds. The number of rotatable bonds is 5. The van der Waals surface area contributed by atoms with Crippen LogP contribution in [-0.2, 0) is 11.2 Å². The molecule has 0 saturated carbocycles. The summed E-state index contributed by atoms with van der Waals surface area (Å²) < 4.78 is 12.6. The van der Waals surface area contributed by atoms with Crippen molar-refractivity contribution >= 4 is 17.2 Å². The Morgan fingerprint density at radius 3 is 2.27 bits per heavy atom. The fourth-order valence-electron chi connectivity index (χ4n) is 2.42. The largest absolute Gasteiger partial charge is 0.344 e. The topological polar surface area (TPSA) is 48.0 Å². The van der Waals surface area contributed by atoms with Crippen molar-refractivity contribution in [3.8, 4) is 0 Å². The summed E-state index contributed by atoms with van der Waals surface area (Å²) in [5.41, 5.74) is 6.84. The Labute approximate surface area is 133 Å². The lowest BCUT2D eigenvalue weighted by Crippen LogP contribution is -2.05. The minimum atomic E-state index is -0.250. The van der Waals surface area contributed by atoms with E-state index >= 15 is 0 Å². The summed E-state index contributed by atoms with van der Waals surface area (Å²) in [4.78, 5) is 10.6. The molecule has 2 rings (SSSR count). The highest BCUT2D eigenvalue weighted by atomic mass is 19.1. The molecule has 2 N–H and O–H groups in total. The zero-order valence-electron chi connectivity index (χ0n) is 14.2. The Kier molecular flexibility index (Phi) is 11.0. The molecule has 3 nitrogen and oxygen atoms in total. The smallest absolute Gasteiger partial charge is 0.124 e. The van der Waals surface area contributed by atoms with Gasteiger partial charge >= 0.3 is 0 Å². The molecular weight excluding hydrogens is 279 g/mol. The third kappa shape index (κ3) is 5.60. The first-order valence-electron chi connectivity index (χ1n) is 7.88. The number of carbonyl (C=O) groups excluding carboxylic acids is 1. The number of aromatic nitrogens is 1. The zero-order valence-corrected chi connectivity index (χ0v) is 14.2. The highest BCUT2D eigenvalue weighted by Gasteiger charge is 2.09. The van der Waals surface area contributed by atoms with E-state index in [2.05, 4.69) is 48.5 Å². The van der Waals surface area contributed by atoms with Gasteiger partial charge in [0.2, 0.25) is 0 Å². The van der Waals surface area contributed by atoms with E-state index in [4.69, 9.17) is 0 Å². The third-order valence-electron chi connectivity index (χ3n) is 3.44. The van der Waals surface area contributed by atoms with Crippen LogP contribution in [0.4, 0.5) is 4.39 Å². The van der Waals surface area contributed by atoms with Crippen molar-refractivity contribution in [2.24, 2.45) is 5.73 Å². The number of aldehydes is 1. The first-order valence-corrected chi connectivity index (χ1v) is 7.88. The predicted molar refractivity (Wildman–Crippen MR) is 93.1 cm³/mol. The van der Waals surface area contributed by atoms with Gasteiger partial charge < -0.3 is 15.1 Å². The first-order chi connectivity index (χ1) is 10.7. The van der Waals surface area contributed by atoms with Crippen molar-refractivity contribution in [1.29, 1.82) is 0 Å². The van der Waals surface area contributed by atoms with Gasteiger partial charge in [-0.3, -0.25) is 4.39 Å². The predicted octanol–water partition coefficient (Wildman–Crippen LogP) is 4.29. The number of nitrogens with zero attached hydrogens (tertiary/aromatic N) is 1. The molecule has 0 atom stereocenters. The molecule has 0 radical (unpaired) electrons. The zero-order chi connectivity index (χ0) is 17.0. The van der Waals surface area contributed by atoms with Crippen molar-refractivity contribution in [2.75, 3.05) is 13.7 Å². The summed E-state index contributed by atoms with van der Waals surface area (Å²) in [5.74, 6) is 0. The molecule has 0 aliphatic rings. The second kappa shape index (κ2) is 11.9. The Morgan fingerprint density at radius 1 is 1.18 bits per heavy atom. The maximum absolute atomic E-state index is 10.6. The van der Waals surface area contributed by atoms with Crippen LogP contribution < -0.4 is 5.73 Å². The van der Waals surface area contributed by atoms with Crippen molar-refractivity contribution in [3.05, 3.63) is 36.0 Å². The van der Waals surface area contributed by atoms with E-state index in [1.54, 1.807) is 0 Å². The Balaban J connectivity index is 0.000000789. The van der Waals surface area contributed by atoms with Crippen LogP contribution in [0.5, 0.6) is 0 Å². The van der Waals surface area contributed by atoms with Crippen LogP contribution in [0.2, 0.25) is 0 Å². The first kappa shape index (κ1) is 20.3. The average Bonchev–Trinajstić information content (AvgIpc) is 2.95. The van der Waals surface area contributed by atoms with Crippen LogP contribution >= 0.6 is 0 Å². The van der Waals surface area contributed by atoms with E-state index in [-0.39, 0.29) is 6.67 Å². The molecule has 0 aliphatic carbocycles. The van der Waals surface area contributed by atoms with Gasteiger partial charge in [0, 0.05) is 24.2 Å². The van der Waals surface area contributed by atoms with E-state index < -0.39 is 0 Å². The van der Waals surface area contributed by atoms with Gasteiger partial charge in [0.1, 0.15) is 6.29 Å². The minimum Gasteiger partial charge on any atom is -0.344 e. The lowest BCUT2D eigenvalue weighted by molar-refractivity contribution is -0.107. The van der Waals surface area contributed by atoms with E-state index in [9.17, 15) is 9.18 Å². The highest BCUT2D eigenvalue weighted by molar-refractivity contribution is 5.81. The quantitative estimate of drug-likeness (QED) is 0.837. The molecule has 0 unspecified atom stereocenters. The van der Waals surface area contributed by atoms with Gasteiger partial charge in [0.25, 0.3) is 0 Å². The lowest BCUT2D eigenvalue weighted by atomic mass is 10.1. The highest BCUT2D eigenvalue weighted by Crippen LogP contribution is 2.25. The van der Waals surface area contributed by atoms with Crippen molar-refractivity contribution in [2.45, 2.75) is 46.1 Å². The van der Waals surface area contributed by atoms with Crippen molar-refractivity contribution < 1.29 is 9.18 Å². The molecule has 124 valence electrons. The summed E-state index contributed by atoms with van der Waals surface area (Å²) >= 11 is 0. The van der Waals surface area contributed by atoms with Gasteiger partial charge in [-0.05, 0) is 49.9 Å². The SMILES string of the molecule is CCC(CC)n1ccc2ccc(CC=O)cc21.CCF.CN. The molecule has 1 aromatic heterocycles. The van der Waals surface area contributed by atoms with Gasteiger partial charge in [0.05, 0.1) is 6.67 Å². The van der Waals surface area contributed by atoms with E-state index in [0.717, 1.165) is 24.7 Å². The van der Waals surface area contributed by atoms with E-state index in [0.29, 0.717) is 12.5 Å². The molecule has 0 saturated heterocycles. The Bertz CT molecular complexity index is 533. The van der Waals surface area contributed by atoms with Crippen LogP contribution in [0.15, 0.2) is 30.5 Å². The fourth-order valence-corrected chi connectivity index (χ4v) is 2.42. The fraction of sp³-hybridized carbons (Fsp3) is 0.500. The van der Waals surface area contributed by atoms with Gasteiger partial charge in [-0.25, -0.2) is 0 Å². The maximum Gasteiger partial charge on any atom is 0.124 e. The van der Waals surface area contributed by atoms with E-state index in [1.807, 2.05) is 6.07 Å². The van der Waals surface area contributed by atoms with Gasteiger partial charge in [-0.15, -0.1) is 0 Å². The second-order valence-corrected chi connectivity index (χ2v) is 4.72. The van der Waals surface area contributed by atoms with Crippen LogP contribution in [-0.4, -0.2) is 24.6 Å². The normalized spacial score (nSPS) is 9.77. The van der Waals surface area contributed by atoms with Gasteiger partial charge in [-0.1, -0.05) is 26.0 Å². The maximum atomic E-state index is 10.6.